The second-order valence-electron chi connectivity index (χ2n) is 8.70. The van der Waals surface area contributed by atoms with Crippen LogP contribution >= 0.6 is 0 Å². The Morgan fingerprint density at radius 2 is 1.91 bits per heavy atom. The smallest absolute Gasteiger partial charge is 0.321 e. The van der Waals surface area contributed by atoms with Crippen molar-refractivity contribution in [1.29, 1.82) is 0 Å². The van der Waals surface area contributed by atoms with Crippen molar-refractivity contribution in [2.75, 3.05) is 62.7 Å². The van der Waals surface area contributed by atoms with Crippen molar-refractivity contribution < 1.29 is 14.3 Å². The minimum Gasteiger partial charge on any atom is -0.472 e. The first-order chi connectivity index (χ1) is 15.7. The highest BCUT2D eigenvalue weighted by atomic mass is 16.5. The number of carbonyl (C=O) groups excluding carboxylic acids is 1. The summed E-state index contributed by atoms with van der Waals surface area (Å²) in [6.07, 6.45) is 2.31. The number of benzene rings is 1. The molecule has 4 heterocycles. The minimum absolute atomic E-state index is 0.0254. The van der Waals surface area contributed by atoms with Gasteiger partial charge in [0, 0.05) is 51.0 Å². The molecule has 8 nitrogen and oxygen atoms in total. The summed E-state index contributed by atoms with van der Waals surface area (Å²) < 4.78 is 11.7. The largest absolute Gasteiger partial charge is 0.472 e. The number of hydrogen-bond donors (Lipinski definition) is 2. The molecule has 32 heavy (non-hydrogen) atoms. The molecule has 170 valence electrons. The van der Waals surface area contributed by atoms with Gasteiger partial charge < -0.3 is 29.9 Å². The van der Waals surface area contributed by atoms with Crippen molar-refractivity contribution in [3.8, 4) is 17.0 Å². The Labute approximate surface area is 188 Å². The Morgan fingerprint density at radius 1 is 1.12 bits per heavy atom. The molecule has 0 spiro atoms. The van der Waals surface area contributed by atoms with Crippen molar-refractivity contribution in [2.24, 2.45) is 0 Å². The van der Waals surface area contributed by atoms with Crippen molar-refractivity contribution in [3.63, 3.8) is 0 Å². The zero-order valence-electron chi connectivity index (χ0n) is 18.6. The number of morpholine rings is 1. The van der Waals surface area contributed by atoms with Crippen LogP contribution in [0.1, 0.15) is 18.4 Å². The number of aromatic nitrogens is 1. The molecule has 2 amide bonds. The number of ether oxygens (including phenoxy) is 2. The van der Waals surface area contributed by atoms with Crippen LogP contribution in [0.4, 0.5) is 16.3 Å². The van der Waals surface area contributed by atoms with E-state index >= 15 is 0 Å². The normalized spacial score (nSPS) is 19.0. The quantitative estimate of drug-likeness (QED) is 0.749. The van der Waals surface area contributed by atoms with Crippen molar-refractivity contribution in [1.82, 2.24) is 15.2 Å². The number of aryl methyl sites for hydroxylation is 1. The standard InChI is InChI=1S/C24H31N5O3/c1-17-4-5-19(26-24(30)29-6-2-3-7-29)14-21(17)18-12-22(28-8-10-31-11-9-28)27-23(13-18)32-20-15-25-16-20/h4-5,12-14,20,25H,2-3,6-11,15-16H2,1H3,(H,26,30). The van der Waals surface area contributed by atoms with Crippen LogP contribution in [-0.4, -0.2) is 74.5 Å². The van der Waals surface area contributed by atoms with Crippen LogP contribution in [0.25, 0.3) is 11.1 Å². The van der Waals surface area contributed by atoms with Gasteiger partial charge in [0.15, 0.2) is 0 Å². The monoisotopic (exact) mass is 437 g/mol. The molecule has 1 aromatic heterocycles. The van der Waals surface area contributed by atoms with E-state index in [0.717, 1.165) is 80.3 Å². The van der Waals surface area contributed by atoms with E-state index in [4.69, 9.17) is 14.5 Å². The molecule has 2 N–H and O–H groups in total. The van der Waals surface area contributed by atoms with Gasteiger partial charge in [0.2, 0.25) is 5.88 Å². The highest BCUT2D eigenvalue weighted by Crippen LogP contribution is 2.32. The fourth-order valence-electron chi connectivity index (χ4n) is 4.31. The van der Waals surface area contributed by atoms with E-state index in [2.05, 4.69) is 40.7 Å². The molecular weight excluding hydrogens is 406 g/mol. The molecule has 0 bridgehead atoms. The third-order valence-corrected chi connectivity index (χ3v) is 6.35. The van der Waals surface area contributed by atoms with Crippen LogP contribution in [0.2, 0.25) is 0 Å². The Balaban J connectivity index is 1.45. The number of amides is 2. The molecule has 1 aromatic carbocycles. The molecule has 3 aliphatic rings. The lowest BCUT2D eigenvalue weighted by Gasteiger charge is -2.30. The lowest BCUT2D eigenvalue weighted by atomic mass is 10.00. The molecule has 0 saturated carbocycles. The Bertz CT molecular complexity index is 966. The summed E-state index contributed by atoms with van der Waals surface area (Å²) in [4.78, 5) is 21.5. The first-order valence-electron chi connectivity index (χ1n) is 11.5. The Hall–Kier alpha value is -2.84. The van der Waals surface area contributed by atoms with Gasteiger partial charge in [-0.2, -0.15) is 4.98 Å². The lowest BCUT2D eigenvalue weighted by Crippen LogP contribution is -2.50. The van der Waals surface area contributed by atoms with Gasteiger partial charge >= 0.3 is 6.03 Å². The topological polar surface area (TPSA) is 79.0 Å². The van der Waals surface area contributed by atoms with E-state index in [1.165, 1.54) is 0 Å². The molecule has 0 atom stereocenters. The van der Waals surface area contributed by atoms with Gasteiger partial charge in [-0.05, 0) is 54.7 Å². The number of hydrogen-bond acceptors (Lipinski definition) is 6. The number of carbonyl (C=O) groups is 1. The zero-order valence-corrected chi connectivity index (χ0v) is 18.6. The van der Waals surface area contributed by atoms with Crippen molar-refractivity contribution in [3.05, 3.63) is 35.9 Å². The maximum atomic E-state index is 12.6. The average Bonchev–Trinajstić information content (AvgIpc) is 3.33. The lowest BCUT2D eigenvalue weighted by molar-refractivity contribution is 0.121. The summed E-state index contributed by atoms with van der Waals surface area (Å²) in [7, 11) is 0. The maximum absolute atomic E-state index is 12.6. The molecule has 3 aliphatic heterocycles. The summed E-state index contributed by atoms with van der Waals surface area (Å²) in [5.74, 6) is 1.54. The molecule has 0 aliphatic carbocycles. The van der Waals surface area contributed by atoms with Crippen LogP contribution in [0.5, 0.6) is 5.88 Å². The maximum Gasteiger partial charge on any atom is 0.321 e. The molecule has 5 rings (SSSR count). The highest BCUT2D eigenvalue weighted by Gasteiger charge is 2.22. The van der Waals surface area contributed by atoms with E-state index in [9.17, 15) is 4.79 Å². The van der Waals surface area contributed by atoms with Crippen LogP contribution in [-0.2, 0) is 4.74 Å². The zero-order chi connectivity index (χ0) is 21.9. The highest BCUT2D eigenvalue weighted by molar-refractivity contribution is 5.90. The molecule has 8 heteroatoms. The van der Waals surface area contributed by atoms with Gasteiger partial charge in [-0.15, -0.1) is 0 Å². The van der Waals surface area contributed by atoms with Gasteiger partial charge in [-0.3, -0.25) is 0 Å². The predicted molar refractivity (Wildman–Crippen MR) is 125 cm³/mol. The number of rotatable bonds is 5. The number of nitrogens with zero attached hydrogens (tertiary/aromatic N) is 3. The number of pyridine rings is 1. The van der Waals surface area contributed by atoms with Crippen molar-refractivity contribution >= 4 is 17.5 Å². The van der Waals surface area contributed by atoms with Gasteiger partial charge in [-0.25, -0.2) is 4.79 Å². The van der Waals surface area contributed by atoms with E-state index in [-0.39, 0.29) is 12.1 Å². The fourth-order valence-corrected chi connectivity index (χ4v) is 4.31. The molecular formula is C24H31N5O3. The molecule has 0 radical (unpaired) electrons. The summed E-state index contributed by atoms with van der Waals surface area (Å²) in [5.41, 5.74) is 4.05. The van der Waals surface area contributed by atoms with E-state index < -0.39 is 0 Å². The molecule has 2 aromatic rings. The summed E-state index contributed by atoms with van der Waals surface area (Å²) in [5, 5.41) is 6.31. The van der Waals surface area contributed by atoms with E-state index in [1.54, 1.807) is 0 Å². The molecule has 3 fully saturated rings. The Morgan fingerprint density at radius 3 is 2.62 bits per heavy atom. The van der Waals surface area contributed by atoms with Gasteiger partial charge in [0.25, 0.3) is 0 Å². The third-order valence-electron chi connectivity index (χ3n) is 6.35. The number of anilines is 2. The van der Waals surface area contributed by atoms with E-state index in [1.807, 2.05) is 17.0 Å². The van der Waals surface area contributed by atoms with Gasteiger partial charge in [0.05, 0.1) is 13.2 Å². The molecule has 0 unspecified atom stereocenters. The van der Waals surface area contributed by atoms with E-state index in [0.29, 0.717) is 19.1 Å². The van der Waals surface area contributed by atoms with Gasteiger partial charge in [0.1, 0.15) is 11.9 Å². The second kappa shape index (κ2) is 9.34. The SMILES string of the molecule is Cc1ccc(NC(=O)N2CCCC2)cc1-c1cc(OC2CNC2)nc(N2CCOCC2)c1. The van der Waals surface area contributed by atoms with Crippen molar-refractivity contribution in [2.45, 2.75) is 25.9 Å². The third kappa shape index (κ3) is 4.66. The first kappa shape index (κ1) is 21.0. The average molecular weight is 438 g/mol. The van der Waals surface area contributed by atoms with Crippen LogP contribution in [0, 0.1) is 6.92 Å². The van der Waals surface area contributed by atoms with Crippen LogP contribution in [0.15, 0.2) is 30.3 Å². The summed E-state index contributed by atoms with van der Waals surface area (Å²) in [6, 6.07) is 10.2. The van der Waals surface area contributed by atoms with Gasteiger partial charge in [-0.1, -0.05) is 6.07 Å². The number of urea groups is 1. The molecule has 3 saturated heterocycles. The van der Waals surface area contributed by atoms with Crippen LogP contribution < -0.4 is 20.3 Å². The minimum atomic E-state index is -0.0254. The first-order valence-corrected chi connectivity index (χ1v) is 11.5. The number of nitrogens with one attached hydrogen (secondary N) is 2. The predicted octanol–water partition coefficient (Wildman–Crippen LogP) is 2.87. The Kier molecular flexibility index (Phi) is 6.14. The fraction of sp³-hybridized carbons (Fsp3) is 0.500. The number of likely N-dealkylation sites (tertiary alicyclic amines) is 1. The second-order valence-corrected chi connectivity index (χ2v) is 8.70. The van der Waals surface area contributed by atoms with Crippen LogP contribution in [0.3, 0.4) is 0 Å². The summed E-state index contributed by atoms with van der Waals surface area (Å²) in [6.45, 7) is 8.45. The summed E-state index contributed by atoms with van der Waals surface area (Å²) >= 11 is 0.